The van der Waals surface area contributed by atoms with Gasteiger partial charge in [0, 0.05) is 22.8 Å². The first kappa shape index (κ1) is 15.0. The molecule has 3 rings (SSSR count). The third kappa shape index (κ3) is 3.86. The molecule has 0 radical (unpaired) electrons. The second kappa shape index (κ2) is 5.72. The predicted octanol–water partition coefficient (Wildman–Crippen LogP) is 0.770. The number of carbonyl (C=O) groups excluding carboxylic acids is 1. The standard InChI is InChI=1S/C13H14N6O3S/c1-23(21,22)17-12-7-19(18-16-12)8-13(20)15-10-2-3-11-9(6-10)4-5-14-11/h2-7,14,17H,8H2,1H3,(H,15,20). The summed E-state index contributed by atoms with van der Waals surface area (Å²) in [5, 5.41) is 11.1. The molecule has 9 nitrogen and oxygen atoms in total. The molecule has 120 valence electrons. The molecule has 1 aromatic carbocycles. The Balaban J connectivity index is 1.65. The first-order valence-electron chi connectivity index (χ1n) is 6.64. The maximum atomic E-state index is 12.0. The van der Waals surface area contributed by atoms with E-state index < -0.39 is 10.0 Å². The molecule has 0 atom stereocenters. The second-order valence-electron chi connectivity index (χ2n) is 5.00. The monoisotopic (exact) mass is 334 g/mol. The van der Waals surface area contributed by atoms with Gasteiger partial charge in [0.05, 0.1) is 12.5 Å². The van der Waals surface area contributed by atoms with Crippen molar-refractivity contribution >= 4 is 38.3 Å². The Morgan fingerprint density at radius 3 is 2.96 bits per heavy atom. The van der Waals surface area contributed by atoms with E-state index in [-0.39, 0.29) is 18.3 Å². The fourth-order valence-electron chi connectivity index (χ4n) is 2.09. The van der Waals surface area contributed by atoms with Gasteiger partial charge in [0.1, 0.15) is 6.54 Å². The van der Waals surface area contributed by atoms with E-state index >= 15 is 0 Å². The number of aromatic amines is 1. The number of H-pyrrole nitrogens is 1. The molecule has 0 spiro atoms. The summed E-state index contributed by atoms with van der Waals surface area (Å²) in [6.07, 6.45) is 4.17. The summed E-state index contributed by atoms with van der Waals surface area (Å²) in [6, 6.07) is 7.41. The molecule has 0 saturated heterocycles. The summed E-state index contributed by atoms with van der Waals surface area (Å²) in [4.78, 5) is 15.1. The van der Waals surface area contributed by atoms with Crippen LogP contribution in [0.15, 0.2) is 36.7 Å². The molecule has 2 aromatic heterocycles. The van der Waals surface area contributed by atoms with Crippen molar-refractivity contribution in [3.05, 3.63) is 36.7 Å². The molecule has 0 fully saturated rings. The highest BCUT2D eigenvalue weighted by Crippen LogP contribution is 2.17. The Morgan fingerprint density at radius 2 is 2.17 bits per heavy atom. The molecule has 23 heavy (non-hydrogen) atoms. The minimum absolute atomic E-state index is 0.0639. The van der Waals surface area contributed by atoms with Gasteiger partial charge < -0.3 is 10.3 Å². The summed E-state index contributed by atoms with van der Waals surface area (Å²) in [7, 11) is -3.43. The Kier molecular flexibility index (Phi) is 3.74. The minimum Gasteiger partial charge on any atom is -0.361 e. The van der Waals surface area contributed by atoms with Crippen molar-refractivity contribution in [1.29, 1.82) is 0 Å². The number of benzene rings is 1. The minimum atomic E-state index is -3.43. The van der Waals surface area contributed by atoms with Gasteiger partial charge in [-0.2, -0.15) is 0 Å². The zero-order chi connectivity index (χ0) is 16.4. The molecule has 0 unspecified atom stereocenters. The van der Waals surface area contributed by atoms with E-state index in [1.807, 2.05) is 24.4 Å². The van der Waals surface area contributed by atoms with Crippen LogP contribution in [0.5, 0.6) is 0 Å². The zero-order valence-electron chi connectivity index (χ0n) is 12.1. The normalized spacial score (nSPS) is 11.5. The molecule has 0 aliphatic carbocycles. The molecule has 3 aromatic rings. The maximum Gasteiger partial charge on any atom is 0.246 e. The molecule has 2 heterocycles. The fraction of sp³-hybridized carbons (Fsp3) is 0.154. The lowest BCUT2D eigenvalue weighted by Crippen LogP contribution is -2.19. The lowest BCUT2D eigenvalue weighted by atomic mass is 10.2. The Hall–Kier alpha value is -2.88. The number of nitrogens with zero attached hydrogens (tertiary/aromatic N) is 3. The Bertz CT molecular complexity index is 959. The van der Waals surface area contributed by atoms with Gasteiger partial charge in [0.2, 0.25) is 15.9 Å². The summed E-state index contributed by atoms with van der Waals surface area (Å²) in [6.45, 7) is -0.0797. The molecule has 10 heteroatoms. The highest BCUT2D eigenvalue weighted by atomic mass is 32.2. The first-order chi connectivity index (χ1) is 10.9. The van der Waals surface area contributed by atoms with Crippen LogP contribution in [-0.2, 0) is 21.4 Å². The number of rotatable bonds is 5. The van der Waals surface area contributed by atoms with Crippen molar-refractivity contribution < 1.29 is 13.2 Å². The Labute approximate surface area is 131 Å². The molecule has 0 saturated carbocycles. The highest BCUT2D eigenvalue weighted by Gasteiger charge is 2.09. The van der Waals surface area contributed by atoms with Gasteiger partial charge >= 0.3 is 0 Å². The van der Waals surface area contributed by atoms with Crippen LogP contribution in [-0.4, -0.2) is 40.6 Å². The number of anilines is 2. The van der Waals surface area contributed by atoms with Crippen molar-refractivity contribution in [2.24, 2.45) is 0 Å². The van der Waals surface area contributed by atoms with E-state index in [0.29, 0.717) is 5.69 Å². The summed E-state index contributed by atoms with van der Waals surface area (Å²) in [5.74, 6) is -0.232. The van der Waals surface area contributed by atoms with Crippen LogP contribution in [0.3, 0.4) is 0 Å². The molecule has 0 aliphatic heterocycles. The number of nitrogens with one attached hydrogen (secondary N) is 3. The first-order valence-corrected chi connectivity index (χ1v) is 8.53. The van der Waals surface area contributed by atoms with E-state index in [0.717, 1.165) is 17.2 Å². The number of hydrogen-bond acceptors (Lipinski definition) is 5. The van der Waals surface area contributed by atoms with Crippen LogP contribution >= 0.6 is 0 Å². The second-order valence-corrected chi connectivity index (χ2v) is 6.75. The van der Waals surface area contributed by atoms with Crippen molar-refractivity contribution in [3.63, 3.8) is 0 Å². The van der Waals surface area contributed by atoms with Crippen molar-refractivity contribution in [1.82, 2.24) is 20.0 Å². The van der Waals surface area contributed by atoms with Gasteiger partial charge in [-0.25, -0.2) is 13.1 Å². The number of aromatic nitrogens is 4. The quantitative estimate of drug-likeness (QED) is 0.636. The average Bonchev–Trinajstić information content (AvgIpc) is 3.05. The molecule has 1 amide bonds. The number of amides is 1. The topological polar surface area (TPSA) is 122 Å². The lowest BCUT2D eigenvalue weighted by molar-refractivity contribution is -0.116. The van der Waals surface area contributed by atoms with Crippen molar-refractivity contribution in [3.8, 4) is 0 Å². The predicted molar refractivity (Wildman–Crippen MR) is 85.4 cm³/mol. The number of carbonyl (C=O) groups is 1. The van der Waals surface area contributed by atoms with Gasteiger partial charge in [0.15, 0.2) is 5.82 Å². The zero-order valence-corrected chi connectivity index (χ0v) is 13.0. The summed E-state index contributed by atoms with van der Waals surface area (Å²) in [5.41, 5.74) is 1.65. The molecular weight excluding hydrogens is 320 g/mol. The van der Waals surface area contributed by atoms with Gasteiger partial charge in [-0.15, -0.1) is 5.10 Å². The van der Waals surface area contributed by atoms with E-state index in [2.05, 4.69) is 25.3 Å². The maximum absolute atomic E-state index is 12.0. The number of hydrogen-bond donors (Lipinski definition) is 3. The smallest absolute Gasteiger partial charge is 0.246 e. The van der Waals surface area contributed by atoms with E-state index in [9.17, 15) is 13.2 Å². The summed E-state index contributed by atoms with van der Waals surface area (Å²) < 4.78 is 25.6. The molecule has 0 bridgehead atoms. The van der Waals surface area contributed by atoms with Crippen LogP contribution in [0.4, 0.5) is 11.5 Å². The number of fused-ring (bicyclic) bond motifs is 1. The van der Waals surface area contributed by atoms with Crippen LogP contribution in [0, 0.1) is 0 Å². The number of sulfonamides is 1. The lowest BCUT2D eigenvalue weighted by Gasteiger charge is -2.05. The molecule has 3 N–H and O–H groups in total. The third-order valence-electron chi connectivity index (χ3n) is 2.97. The summed E-state index contributed by atoms with van der Waals surface area (Å²) >= 11 is 0. The van der Waals surface area contributed by atoms with Crippen LogP contribution in [0.25, 0.3) is 10.9 Å². The van der Waals surface area contributed by atoms with Crippen molar-refractivity contribution in [2.45, 2.75) is 6.54 Å². The van der Waals surface area contributed by atoms with Gasteiger partial charge in [-0.05, 0) is 24.3 Å². The fourth-order valence-corrected chi connectivity index (χ4v) is 2.56. The molecular formula is C13H14N6O3S. The highest BCUT2D eigenvalue weighted by molar-refractivity contribution is 7.92. The van der Waals surface area contributed by atoms with Gasteiger partial charge in [0.25, 0.3) is 0 Å². The molecule has 0 aliphatic rings. The van der Waals surface area contributed by atoms with Crippen LogP contribution < -0.4 is 10.0 Å². The SMILES string of the molecule is CS(=O)(=O)Nc1cn(CC(=O)Nc2ccc3[nH]ccc3c2)nn1. The van der Waals surface area contributed by atoms with Gasteiger partial charge in [-0.1, -0.05) is 5.21 Å². The van der Waals surface area contributed by atoms with Crippen molar-refractivity contribution in [2.75, 3.05) is 16.3 Å². The van der Waals surface area contributed by atoms with Crippen LogP contribution in [0.1, 0.15) is 0 Å². The van der Waals surface area contributed by atoms with Gasteiger partial charge in [-0.3, -0.25) is 9.52 Å². The van der Waals surface area contributed by atoms with E-state index in [1.54, 1.807) is 6.07 Å². The van der Waals surface area contributed by atoms with Crippen LogP contribution in [0.2, 0.25) is 0 Å². The Morgan fingerprint density at radius 1 is 1.35 bits per heavy atom. The van der Waals surface area contributed by atoms with E-state index in [4.69, 9.17) is 0 Å². The van der Waals surface area contributed by atoms with E-state index in [1.165, 1.54) is 10.9 Å². The largest absolute Gasteiger partial charge is 0.361 e. The average molecular weight is 334 g/mol. The third-order valence-corrected chi connectivity index (χ3v) is 3.55.